The highest BCUT2D eigenvalue weighted by Gasteiger charge is 2.17. The fourth-order valence-electron chi connectivity index (χ4n) is 3.89. The highest BCUT2D eigenvalue weighted by atomic mass is 32.1. The molecule has 1 atom stereocenters. The first-order valence-electron chi connectivity index (χ1n) is 10.4. The molecule has 1 aliphatic rings. The topological polar surface area (TPSA) is 101 Å². The van der Waals surface area contributed by atoms with Crippen molar-refractivity contribution in [2.24, 2.45) is 11.5 Å². The molecule has 1 aliphatic heterocycles. The fraction of sp³-hybridized carbons (Fsp3) is 0.250. The Morgan fingerprint density at radius 3 is 2.35 bits per heavy atom. The molecule has 6 nitrogen and oxygen atoms in total. The summed E-state index contributed by atoms with van der Waals surface area (Å²) in [5, 5.41) is 4.95. The third-order valence-electron chi connectivity index (χ3n) is 5.54. The number of anilines is 1. The van der Waals surface area contributed by atoms with E-state index in [0.29, 0.717) is 16.1 Å². The SMILES string of the molecule is NC(=O)c1ccsc1NC(=O)c1ccc(-c2ccc(CN3CCCC(N)C3)cc2)cc1. The lowest BCUT2D eigenvalue weighted by Gasteiger charge is -2.30. The second-order valence-electron chi connectivity index (χ2n) is 7.89. The number of piperidine rings is 1. The Hall–Kier alpha value is -3.00. The number of carbonyl (C=O) groups is 2. The molecule has 0 bridgehead atoms. The summed E-state index contributed by atoms with van der Waals surface area (Å²) in [5.41, 5.74) is 15.7. The molecule has 31 heavy (non-hydrogen) atoms. The summed E-state index contributed by atoms with van der Waals surface area (Å²) in [5.74, 6) is -0.829. The number of likely N-dealkylation sites (tertiary alicyclic amines) is 1. The lowest BCUT2D eigenvalue weighted by molar-refractivity contribution is 0.100. The van der Waals surface area contributed by atoms with Crippen molar-refractivity contribution in [1.29, 1.82) is 0 Å². The minimum atomic E-state index is -0.557. The predicted octanol–water partition coefficient (Wildman–Crippen LogP) is 3.69. The number of nitrogens with zero attached hydrogens (tertiary/aromatic N) is 1. The van der Waals surface area contributed by atoms with Gasteiger partial charge >= 0.3 is 0 Å². The summed E-state index contributed by atoms with van der Waals surface area (Å²) in [6, 6.07) is 17.8. The van der Waals surface area contributed by atoms with E-state index < -0.39 is 5.91 Å². The van der Waals surface area contributed by atoms with E-state index in [1.807, 2.05) is 12.1 Å². The van der Waals surface area contributed by atoms with Gasteiger partial charge in [-0.1, -0.05) is 36.4 Å². The summed E-state index contributed by atoms with van der Waals surface area (Å²) in [6.07, 6.45) is 2.28. The minimum Gasteiger partial charge on any atom is -0.366 e. The van der Waals surface area contributed by atoms with Gasteiger partial charge in [-0.2, -0.15) is 0 Å². The average molecular weight is 435 g/mol. The van der Waals surface area contributed by atoms with Crippen molar-refractivity contribution in [3.8, 4) is 11.1 Å². The number of benzene rings is 2. The van der Waals surface area contributed by atoms with Crippen LogP contribution in [0.2, 0.25) is 0 Å². The Balaban J connectivity index is 1.40. The van der Waals surface area contributed by atoms with Crippen LogP contribution in [0.1, 0.15) is 39.1 Å². The molecule has 0 aliphatic carbocycles. The molecule has 0 spiro atoms. The second kappa shape index (κ2) is 9.43. The molecule has 2 heterocycles. The van der Waals surface area contributed by atoms with E-state index in [1.54, 1.807) is 23.6 Å². The van der Waals surface area contributed by atoms with Crippen LogP contribution in [-0.2, 0) is 6.54 Å². The van der Waals surface area contributed by atoms with Gasteiger partial charge in [0.05, 0.1) is 5.56 Å². The van der Waals surface area contributed by atoms with E-state index in [4.69, 9.17) is 11.5 Å². The lowest BCUT2D eigenvalue weighted by Crippen LogP contribution is -2.42. The number of primary amides is 1. The molecular weight excluding hydrogens is 408 g/mol. The normalized spacial score (nSPS) is 16.7. The highest BCUT2D eigenvalue weighted by molar-refractivity contribution is 7.14. The zero-order valence-electron chi connectivity index (χ0n) is 17.2. The van der Waals surface area contributed by atoms with Crippen molar-refractivity contribution in [3.63, 3.8) is 0 Å². The standard InChI is InChI=1S/C24H26N4O2S/c25-20-2-1-12-28(15-20)14-16-3-5-17(6-4-16)18-7-9-19(10-8-18)23(30)27-24-21(22(26)29)11-13-31-24/h3-11,13,20H,1-2,12,14-15,25H2,(H2,26,29)(H,27,30). The Morgan fingerprint density at radius 2 is 1.71 bits per heavy atom. The number of carbonyl (C=O) groups excluding carboxylic acids is 2. The molecule has 3 aromatic rings. The lowest BCUT2D eigenvalue weighted by atomic mass is 10.0. The Morgan fingerprint density at radius 1 is 1.03 bits per heavy atom. The molecule has 0 radical (unpaired) electrons. The number of thiophene rings is 1. The van der Waals surface area contributed by atoms with Crippen molar-refractivity contribution < 1.29 is 9.59 Å². The van der Waals surface area contributed by atoms with Gasteiger partial charge < -0.3 is 16.8 Å². The van der Waals surface area contributed by atoms with Crippen LogP contribution in [0.25, 0.3) is 11.1 Å². The van der Waals surface area contributed by atoms with Gasteiger partial charge in [0.2, 0.25) is 0 Å². The van der Waals surface area contributed by atoms with Crippen LogP contribution >= 0.6 is 11.3 Å². The largest absolute Gasteiger partial charge is 0.366 e. The van der Waals surface area contributed by atoms with Crippen molar-refractivity contribution >= 4 is 28.2 Å². The smallest absolute Gasteiger partial charge is 0.256 e. The van der Waals surface area contributed by atoms with Gasteiger partial charge in [0.25, 0.3) is 11.8 Å². The maximum Gasteiger partial charge on any atom is 0.256 e. The van der Waals surface area contributed by atoms with Gasteiger partial charge in [-0.05, 0) is 59.7 Å². The Kier molecular flexibility index (Phi) is 6.46. The first kappa shape index (κ1) is 21.2. The van der Waals surface area contributed by atoms with Crippen molar-refractivity contribution in [2.75, 3.05) is 18.4 Å². The minimum absolute atomic E-state index is 0.272. The Labute approximate surface area is 185 Å². The average Bonchev–Trinajstić information content (AvgIpc) is 3.23. The first-order valence-corrected chi connectivity index (χ1v) is 11.2. The monoisotopic (exact) mass is 434 g/mol. The van der Waals surface area contributed by atoms with Crippen molar-refractivity contribution in [2.45, 2.75) is 25.4 Å². The third-order valence-corrected chi connectivity index (χ3v) is 6.37. The summed E-state index contributed by atoms with van der Waals surface area (Å²) in [4.78, 5) is 26.4. The van der Waals surface area contributed by atoms with Gasteiger partial charge in [-0.25, -0.2) is 0 Å². The molecule has 1 unspecified atom stereocenters. The number of amides is 2. The molecule has 160 valence electrons. The van der Waals surface area contributed by atoms with Gasteiger partial charge in [0.1, 0.15) is 5.00 Å². The third kappa shape index (κ3) is 5.19. The summed E-state index contributed by atoms with van der Waals surface area (Å²) >= 11 is 1.27. The molecule has 1 fully saturated rings. The van der Waals surface area contributed by atoms with Gasteiger partial charge in [0.15, 0.2) is 0 Å². The maximum atomic E-state index is 12.5. The molecular formula is C24H26N4O2S. The molecule has 1 aromatic heterocycles. The summed E-state index contributed by atoms with van der Waals surface area (Å²) < 4.78 is 0. The first-order chi connectivity index (χ1) is 15.0. The number of hydrogen-bond acceptors (Lipinski definition) is 5. The van der Waals surface area contributed by atoms with E-state index in [2.05, 4.69) is 34.5 Å². The summed E-state index contributed by atoms with van der Waals surface area (Å²) in [7, 11) is 0. The molecule has 0 saturated carbocycles. The van der Waals surface area contributed by atoms with Crippen LogP contribution in [-0.4, -0.2) is 35.8 Å². The van der Waals surface area contributed by atoms with E-state index in [1.165, 1.54) is 16.9 Å². The van der Waals surface area contributed by atoms with E-state index in [0.717, 1.165) is 43.6 Å². The second-order valence-corrected chi connectivity index (χ2v) is 8.81. The molecule has 4 rings (SSSR count). The quantitative estimate of drug-likeness (QED) is 0.551. The Bertz CT molecular complexity index is 1060. The number of hydrogen-bond donors (Lipinski definition) is 3. The molecule has 2 amide bonds. The van der Waals surface area contributed by atoms with E-state index in [9.17, 15) is 9.59 Å². The molecule has 7 heteroatoms. The van der Waals surface area contributed by atoms with Crippen LogP contribution in [0.3, 0.4) is 0 Å². The van der Waals surface area contributed by atoms with Crippen LogP contribution in [0.5, 0.6) is 0 Å². The van der Waals surface area contributed by atoms with Crippen molar-refractivity contribution in [3.05, 3.63) is 76.7 Å². The summed E-state index contributed by atoms with van der Waals surface area (Å²) in [6.45, 7) is 2.98. The van der Waals surface area contributed by atoms with Gasteiger partial charge in [-0.3, -0.25) is 14.5 Å². The van der Waals surface area contributed by atoms with Gasteiger partial charge in [0, 0.05) is 24.7 Å². The molecule has 5 N–H and O–H groups in total. The number of rotatable bonds is 6. The maximum absolute atomic E-state index is 12.5. The molecule has 2 aromatic carbocycles. The van der Waals surface area contributed by atoms with Crippen LogP contribution in [0.15, 0.2) is 60.0 Å². The molecule has 1 saturated heterocycles. The van der Waals surface area contributed by atoms with E-state index >= 15 is 0 Å². The number of nitrogens with one attached hydrogen (secondary N) is 1. The fourth-order valence-corrected chi connectivity index (χ4v) is 4.67. The van der Waals surface area contributed by atoms with Crippen LogP contribution in [0.4, 0.5) is 5.00 Å². The van der Waals surface area contributed by atoms with E-state index in [-0.39, 0.29) is 11.9 Å². The van der Waals surface area contributed by atoms with Crippen LogP contribution < -0.4 is 16.8 Å². The van der Waals surface area contributed by atoms with Crippen molar-refractivity contribution in [1.82, 2.24) is 4.90 Å². The number of nitrogens with two attached hydrogens (primary N) is 2. The predicted molar refractivity (Wildman–Crippen MR) is 125 cm³/mol. The highest BCUT2D eigenvalue weighted by Crippen LogP contribution is 2.25. The zero-order chi connectivity index (χ0) is 21.8. The van der Waals surface area contributed by atoms with Crippen LogP contribution in [0, 0.1) is 0 Å². The zero-order valence-corrected chi connectivity index (χ0v) is 18.0. The van der Waals surface area contributed by atoms with Gasteiger partial charge in [-0.15, -0.1) is 11.3 Å².